The SMILES string of the molecule is NC(=NO)c1ccc(CNC(=O)C2CCCN2C(=O)C(N)Cc2ccccc2)cc1. The summed E-state index contributed by atoms with van der Waals surface area (Å²) in [4.78, 5) is 27.2. The molecule has 0 saturated carbocycles. The van der Waals surface area contributed by atoms with Gasteiger partial charge in [-0.3, -0.25) is 9.59 Å². The molecule has 1 aliphatic heterocycles. The fourth-order valence-corrected chi connectivity index (χ4v) is 3.63. The van der Waals surface area contributed by atoms with E-state index in [1.807, 2.05) is 30.3 Å². The number of hydrogen-bond donors (Lipinski definition) is 4. The molecule has 2 unspecified atom stereocenters. The molecular formula is C22H27N5O3. The molecule has 1 aliphatic rings. The van der Waals surface area contributed by atoms with E-state index in [-0.39, 0.29) is 17.6 Å². The largest absolute Gasteiger partial charge is 0.409 e. The second kappa shape index (κ2) is 9.89. The van der Waals surface area contributed by atoms with Crippen molar-refractivity contribution in [1.82, 2.24) is 10.2 Å². The fraction of sp³-hybridized carbons (Fsp3) is 0.318. The van der Waals surface area contributed by atoms with Crippen molar-refractivity contribution in [2.45, 2.75) is 37.9 Å². The van der Waals surface area contributed by atoms with Gasteiger partial charge in [0.05, 0.1) is 6.04 Å². The molecule has 3 rings (SSSR count). The van der Waals surface area contributed by atoms with Crippen molar-refractivity contribution in [3.05, 3.63) is 71.3 Å². The van der Waals surface area contributed by atoms with E-state index in [1.54, 1.807) is 29.2 Å². The maximum atomic E-state index is 12.8. The summed E-state index contributed by atoms with van der Waals surface area (Å²) in [5, 5.41) is 14.6. The number of nitrogens with zero attached hydrogens (tertiary/aromatic N) is 2. The second-order valence-electron chi connectivity index (χ2n) is 7.39. The molecule has 1 heterocycles. The van der Waals surface area contributed by atoms with E-state index in [2.05, 4.69) is 10.5 Å². The Hall–Kier alpha value is -3.39. The third kappa shape index (κ3) is 5.15. The Kier molecular flexibility index (Phi) is 7.03. The van der Waals surface area contributed by atoms with Crippen LogP contribution in [0.4, 0.5) is 0 Å². The van der Waals surface area contributed by atoms with Gasteiger partial charge < -0.3 is 26.9 Å². The second-order valence-corrected chi connectivity index (χ2v) is 7.39. The summed E-state index contributed by atoms with van der Waals surface area (Å²) in [7, 11) is 0. The average molecular weight is 409 g/mol. The van der Waals surface area contributed by atoms with Crippen molar-refractivity contribution in [1.29, 1.82) is 0 Å². The van der Waals surface area contributed by atoms with Gasteiger partial charge in [0, 0.05) is 18.7 Å². The van der Waals surface area contributed by atoms with Crippen LogP contribution in [0, 0.1) is 0 Å². The van der Waals surface area contributed by atoms with Gasteiger partial charge in [-0.25, -0.2) is 0 Å². The van der Waals surface area contributed by atoms with E-state index in [1.165, 1.54) is 0 Å². The van der Waals surface area contributed by atoms with Crippen LogP contribution in [0.25, 0.3) is 0 Å². The summed E-state index contributed by atoms with van der Waals surface area (Å²) in [6.07, 6.45) is 1.84. The van der Waals surface area contributed by atoms with Gasteiger partial charge in [-0.2, -0.15) is 0 Å². The van der Waals surface area contributed by atoms with Crippen molar-refractivity contribution < 1.29 is 14.8 Å². The molecule has 0 spiro atoms. The van der Waals surface area contributed by atoms with E-state index >= 15 is 0 Å². The normalized spacial score (nSPS) is 17.6. The Balaban J connectivity index is 1.56. The number of amidine groups is 1. The van der Waals surface area contributed by atoms with E-state index in [0.717, 1.165) is 17.5 Å². The van der Waals surface area contributed by atoms with Crippen LogP contribution >= 0.6 is 0 Å². The number of likely N-dealkylation sites (tertiary alicyclic amines) is 1. The molecule has 6 N–H and O–H groups in total. The first-order valence-electron chi connectivity index (χ1n) is 9.94. The number of benzene rings is 2. The van der Waals surface area contributed by atoms with Crippen LogP contribution in [0.2, 0.25) is 0 Å². The molecule has 1 fully saturated rings. The summed E-state index contributed by atoms with van der Waals surface area (Å²) in [5.41, 5.74) is 14.1. The highest BCUT2D eigenvalue weighted by Crippen LogP contribution is 2.19. The van der Waals surface area contributed by atoms with Crippen molar-refractivity contribution in [3.8, 4) is 0 Å². The summed E-state index contributed by atoms with van der Waals surface area (Å²) in [6.45, 7) is 0.859. The van der Waals surface area contributed by atoms with Gasteiger partial charge in [0.25, 0.3) is 0 Å². The molecular weight excluding hydrogens is 382 g/mol. The minimum atomic E-state index is -0.674. The van der Waals surface area contributed by atoms with Gasteiger partial charge in [-0.05, 0) is 30.4 Å². The van der Waals surface area contributed by atoms with Crippen LogP contribution in [-0.4, -0.2) is 46.4 Å². The number of nitrogens with one attached hydrogen (secondary N) is 1. The molecule has 8 nitrogen and oxygen atoms in total. The zero-order valence-corrected chi connectivity index (χ0v) is 16.7. The quantitative estimate of drug-likeness (QED) is 0.234. The average Bonchev–Trinajstić information content (AvgIpc) is 3.27. The highest BCUT2D eigenvalue weighted by Gasteiger charge is 2.35. The highest BCUT2D eigenvalue weighted by atomic mass is 16.4. The van der Waals surface area contributed by atoms with Crippen molar-refractivity contribution in [2.24, 2.45) is 16.6 Å². The molecule has 30 heavy (non-hydrogen) atoms. The Labute approximate surface area is 175 Å². The molecule has 2 amide bonds. The predicted octanol–water partition coefficient (Wildman–Crippen LogP) is 0.958. The summed E-state index contributed by atoms with van der Waals surface area (Å²) in [5.74, 6) is -0.356. The van der Waals surface area contributed by atoms with E-state index in [4.69, 9.17) is 16.7 Å². The van der Waals surface area contributed by atoms with Crippen molar-refractivity contribution >= 4 is 17.6 Å². The molecule has 0 radical (unpaired) electrons. The van der Waals surface area contributed by atoms with Gasteiger partial charge in [-0.15, -0.1) is 0 Å². The van der Waals surface area contributed by atoms with Crippen LogP contribution in [0.15, 0.2) is 59.8 Å². The van der Waals surface area contributed by atoms with Crippen molar-refractivity contribution in [2.75, 3.05) is 6.54 Å². The molecule has 1 saturated heterocycles. The molecule has 158 valence electrons. The summed E-state index contributed by atoms with van der Waals surface area (Å²) >= 11 is 0. The third-order valence-corrected chi connectivity index (χ3v) is 5.28. The lowest BCUT2D eigenvalue weighted by molar-refractivity contribution is -0.139. The van der Waals surface area contributed by atoms with Crippen LogP contribution < -0.4 is 16.8 Å². The lowest BCUT2D eigenvalue weighted by Gasteiger charge is -2.26. The Bertz CT molecular complexity index is 899. The third-order valence-electron chi connectivity index (χ3n) is 5.28. The number of nitrogens with two attached hydrogens (primary N) is 2. The zero-order valence-electron chi connectivity index (χ0n) is 16.7. The fourth-order valence-electron chi connectivity index (χ4n) is 3.63. The number of oxime groups is 1. The summed E-state index contributed by atoms with van der Waals surface area (Å²) < 4.78 is 0. The van der Waals surface area contributed by atoms with Crippen LogP contribution in [0.3, 0.4) is 0 Å². The molecule has 0 bridgehead atoms. The monoisotopic (exact) mass is 409 g/mol. The number of carbonyl (C=O) groups excluding carboxylic acids is 2. The lowest BCUT2D eigenvalue weighted by atomic mass is 10.1. The minimum Gasteiger partial charge on any atom is -0.409 e. The Morgan fingerprint density at radius 1 is 1.13 bits per heavy atom. The minimum absolute atomic E-state index is 0.0255. The van der Waals surface area contributed by atoms with Crippen LogP contribution in [0.1, 0.15) is 29.5 Å². The molecule has 0 aliphatic carbocycles. The maximum absolute atomic E-state index is 12.8. The first kappa shape index (κ1) is 21.3. The first-order valence-corrected chi connectivity index (χ1v) is 9.94. The standard InChI is InChI=1S/C22H27N5O3/c23-18(13-15-5-2-1-3-6-15)22(29)27-12-4-7-19(27)21(28)25-14-16-8-10-17(11-9-16)20(24)26-30/h1-3,5-6,8-11,18-19,30H,4,7,12-14,23H2,(H2,24,26)(H,25,28). The maximum Gasteiger partial charge on any atom is 0.243 e. The predicted molar refractivity (Wildman–Crippen MR) is 114 cm³/mol. The number of amides is 2. The lowest BCUT2D eigenvalue weighted by Crippen LogP contribution is -2.51. The zero-order chi connectivity index (χ0) is 21.5. The van der Waals surface area contributed by atoms with E-state index < -0.39 is 12.1 Å². The number of carbonyl (C=O) groups is 2. The number of hydrogen-bond acceptors (Lipinski definition) is 5. The van der Waals surface area contributed by atoms with Crippen molar-refractivity contribution in [3.63, 3.8) is 0 Å². The van der Waals surface area contributed by atoms with Crippen LogP contribution in [-0.2, 0) is 22.6 Å². The molecule has 0 aromatic heterocycles. The van der Waals surface area contributed by atoms with Gasteiger partial charge in [0.2, 0.25) is 11.8 Å². The van der Waals surface area contributed by atoms with Gasteiger partial charge in [0.15, 0.2) is 5.84 Å². The van der Waals surface area contributed by atoms with Crippen LogP contribution in [0.5, 0.6) is 0 Å². The number of rotatable bonds is 7. The topological polar surface area (TPSA) is 134 Å². The molecule has 2 aromatic carbocycles. The first-order chi connectivity index (χ1) is 14.5. The van der Waals surface area contributed by atoms with E-state index in [9.17, 15) is 9.59 Å². The molecule has 2 atom stereocenters. The Morgan fingerprint density at radius 2 is 1.83 bits per heavy atom. The molecule has 2 aromatic rings. The smallest absolute Gasteiger partial charge is 0.243 e. The Morgan fingerprint density at radius 3 is 2.50 bits per heavy atom. The van der Waals surface area contributed by atoms with Gasteiger partial charge in [-0.1, -0.05) is 59.8 Å². The molecule has 8 heteroatoms. The summed E-state index contributed by atoms with van der Waals surface area (Å²) in [6, 6.07) is 15.4. The van der Waals surface area contributed by atoms with Gasteiger partial charge in [0.1, 0.15) is 6.04 Å². The van der Waals surface area contributed by atoms with E-state index in [0.29, 0.717) is 31.5 Å². The highest BCUT2D eigenvalue weighted by molar-refractivity contribution is 5.97. The van der Waals surface area contributed by atoms with Gasteiger partial charge >= 0.3 is 0 Å².